The topological polar surface area (TPSA) is 71.7 Å². The zero-order valence-electron chi connectivity index (χ0n) is 11.4. The highest BCUT2D eigenvalue weighted by atomic mass is 16.5. The van der Waals surface area contributed by atoms with Crippen LogP contribution in [0.1, 0.15) is 13.3 Å². The van der Waals surface area contributed by atoms with E-state index in [1.807, 2.05) is 24.9 Å². The second kappa shape index (κ2) is 5.77. The number of likely N-dealkylation sites (N-methyl/N-ethyl adjacent to an activating group) is 1. The van der Waals surface area contributed by atoms with Crippen LogP contribution in [0.5, 0.6) is 5.88 Å². The van der Waals surface area contributed by atoms with Gasteiger partial charge < -0.3 is 20.3 Å². The first-order chi connectivity index (χ1) is 9.11. The molecule has 104 valence electrons. The van der Waals surface area contributed by atoms with Crippen molar-refractivity contribution < 1.29 is 9.53 Å². The van der Waals surface area contributed by atoms with Gasteiger partial charge in [0.15, 0.2) is 0 Å². The van der Waals surface area contributed by atoms with Crippen molar-refractivity contribution in [2.75, 3.05) is 43.9 Å². The molecule has 2 heterocycles. The third kappa shape index (κ3) is 3.07. The molecule has 6 nitrogen and oxygen atoms in total. The molecule has 19 heavy (non-hydrogen) atoms. The molecule has 1 fully saturated rings. The molecule has 0 aromatic carbocycles. The number of ether oxygens (including phenoxy) is 1. The molecular weight excluding hydrogens is 244 g/mol. The van der Waals surface area contributed by atoms with Gasteiger partial charge in [-0.1, -0.05) is 6.92 Å². The predicted molar refractivity (Wildman–Crippen MR) is 74.3 cm³/mol. The van der Waals surface area contributed by atoms with Crippen LogP contribution in [0.4, 0.5) is 11.5 Å². The molecule has 6 heteroatoms. The second-order valence-electron chi connectivity index (χ2n) is 4.65. The number of anilines is 2. The maximum absolute atomic E-state index is 11.7. The average Bonchev–Trinajstić information content (AvgIpc) is 2.41. The Bertz CT molecular complexity index is 464. The standard InChI is InChI=1S/C13H20N4O2/c1-3-8-19-13-10(14)4-5-11(15-13)17-7-6-16(2)12(18)9-17/h4-5H,3,6-9,14H2,1-2H3. The minimum Gasteiger partial charge on any atom is -0.476 e. The third-order valence-corrected chi connectivity index (χ3v) is 3.10. The van der Waals surface area contributed by atoms with Gasteiger partial charge >= 0.3 is 0 Å². The number of pyridine rings is 1. The Hall–Kier alpha value is -1.98. The molecule has 0 bridgehead atoms. The maximum atomic E-state index is 11.7. The average molecular weight is 264 g/mol. The number of amides is 1. The highest BCUT2D eigenvalue weighted by molar-refractivity contribution is 5.82. The van der Waals surface area contributed by atoms with Crippen molar-refractivity contribution in [3.63, 3.8) is 0 Å². The molecule has 1 aromatic rings. The van der Waals surface area contributed by atoms with Crippen molar-refractivity contribution in [3.05, 3.63) is 12.1 Å². The van der Waals surface area contributed by atoms with Crippen molar-refractivity contribution in [2.24, 2.45) is 0 Å². The molecule has 0 saturated carbocycles. The van der Waals surface area contributed by atoms with Gasteiger partial charge in [0.25, 0.3) is 0 Å². The molecule has 1 amide bonds. The van der Waals surface area contributed by atoms with E-state index in [0.29, 0.717) is 31.3 Å². The van der Waals surface area contributed by atoms with Crippen molar-refractivity contribution in [3.8, 4) is 5.88 Å². The fraction of sp³-hybridized carbons (Fsp3) is 0.538. The Balaban J connectivity index is 2.14. The molecule has 1 saturated heterocycles. The van der Waals surface area contributed by atoms with Gasteiger partial charge in [-0.05, 0) is 18.6 Å². The van der Waals surface area contributed by atoms with Gasteiger partial charge in [0.1, 0.15) is 5.82 Å². The number of carbonyl (C=O) groups is 1. The summed E-state index contributed by atoms with van der Waals surface area (Å²) < 4.78 is 5.51. The fourth-order valence-corrected chi connectivity index (χ4v) is 1.89. The molecule has 2 N–H and O–H groups in total. The molecule has 1 aromatic heterocycles. The molecule has 0 atom stereocenters. The molecule has 1 aliphatic heterocycles. The van der Waals surface area contributed by atoms with Crippen LogP contribution < -0.4 is 15.4 Å². The first-order valence-corrected chi connectivity index (χ1v) is 6.50. The number of carbonyl (C=O) groups excluding carboxylic acids is 1. The summed E-state index contributed by atoms with van der Waals surface area (Å²) in [5, 5.41) is 0. The lowest BCUT2D eigenvalue weighted by Crippen LogP contribution is -2.48. The molecule has 0 spiro atoms. The highest BCUT2D eigenvalue weighted by Gasteiger charge is 2.22. The number of piperazine rings is 1. The van der Waals surface area contributed by atoms with E-state index < -0.39 is 0 Å². The van der Waals surface area contributed by atoms with Crippen LogP contribution in [0.2, 0.25) is 0 Å². The van der Waals surface area contributed by atoms with E-state index in [-0.39, 0.29) is 5.91 Å². The molecule has 0 radical (unpaired) electrons. The summed E-state index contributed by atoms with van der Waals surface area (Å²) >= 11 is 0. The summed E-state index contributed by atoms with van der Waals surface area (Å²) in [7, 11) is 1.81. The van der Waals surface area contributed by atoms with E-state index in [0.717, 1.165) is 18.8 Å². The Morgan fingerprint density at radius 3 is 2.89 bits per heavy atom. The minimum atomic E-state index is 0.0981. The Morgan fingerprint density at radius 2 is 2.21 bits per heavy atom. The van der Waals surface area contributed by atoms with Crippen molar-refractivity contribution >= 4 is 17.4 Å². The first-order valence-electron chi connectivity index (χ1n) is 6.50. The molecule has 1 aliphatic rings. The molecular formula is C13H20N4O2. The van der Waals surface area contributed by atoms with Crippen LogP contribution >= 0.6 is 0 Å². The maximum Gasteiger partial charge on any atom is 0.241 e. The first kappa shape index (κ1) is 13.5. The Labute approximate surface area is 113 Å². The zero-order valence-corrected chi connectivity index (χ0v) is 11.4. The van der Waals surface area contributed by atoms with Crippen LogP contribution in [-0.2, 0) is 4.79 Å². The summed E-state index contributed by atoms with van der Waals surface area (Å²) in [4.78, 5) is 19.8. The summed E-state index contributed by atoms with van der Waals surface area (Å²) in [6.45, 7) is 4.44. The second-order valence-corrected chi connectivity index (χ2v) is 4.65. The van der Waals surface area contributed by atoms with E-state index in [2.05, 4.69) is 4.98 Å². The van der Waals surface area contributed by atoms with E-state index in [4.69, 9.17) is 10.5 Å². The highest BCUT2D eigenvalue weighted by Crippen LogP contribution is 2.24. The third-order valence-electron chi connectivity index (χ3n) is 3.10. The van der Waals surface area contributed by atoms with Gasteiger partial charge in [0, 0.05) is 20.1 Å². The van der Waals surface area contributed by atoms with Crippen molar-refractivity contribution in [2.45, 2.75) is 13.3 Å². The Kier molecular flexibility index (Phi) is 4.09. The van der Waals surface area contributed by atoms with E-state index >= 15 is 0 Å². The zero-order chi connectivity index (χ0) is 13.8. The number of nitrogen functional groups attached to an aromatic ring is 1. The molecule has 0 aliphatic carbocycles. The van der Waals surface area contributed by atoms with Crippen molar-refractivity contribution in [1.29, 1.82) is 0 Å². The van der Waals surface area contributed by atoms with Crippen molar-refractivity contribution in [1.82, 2.24) is 9.88 Å². The number of hydrogen-bond donors (Lipinski definition) is 1. The lowest BCUT2D eigenvalue weighted by Gasteiger charge is -2.32. The van der Waals surface area contributed by atoms with Gasteiger partial charge in [-0.25, -0.2) is 0 Å². The number of rotatable bonds is 4. The quantitative estimate of drug-likeness (QED) is 0.868. The predicted octanol–water partition coefficient (Wildman–Crippen LogP) is 0.731. The van der Waals surface area contributed by atoms with Gasteiger partial charge in [0.05, 0.1) is 18.8 Å². The van der Waals surface area contributed by atoms with Gasteiger partial charge in [0.2, 0.25) is 11.8 Å². The fourth-order valence-electron chi connectivity index (χ4n) is 1.89. The van der Waals surface area contributed by atoms with Gasteiger partial charge in [-0.15, -0.1) is 0 Å². The minimum absolute atomic E-state index is 0.0981. The SMILES string of the molecule is CCCOc1nc(N2CCN(C)C(=O)C2)ccc1N. The summed E-state index contributed by atoms with van der Waals surface area (Å²) in [6, 6.07) is 3.60. The number of nitrogens with two attached hydrogens (primary N) is 1. The number of nitrogens with zero attached hydrogens (tertiary/aromatic N) is 3. The molecule has 2 rings (SSSR count). The summed E-state index contributed by atoms with van der Waals surface area (Å²) in [5.74, 6) is 1.29. The summed E-state index contributed by atoms with van der Waals surface area (Å²) in [6.07, 6.45) is 0.901. The van der Waals surface area contributed by atoms with E-state index in [1.54, 1.807) is 11.0 Å². The van der Waals surface area contributed by atoms with E-state index in [9.17, 15) is 4.79 Å². The largest absolute Gasteiger partial charge is 0.476 e. The van der Waals surface area contributed by atoms with Gasteiger partial charge in [-0.3, -0.25) is 4.79 Å². The van der Waals surface area contributed by atoms with Crippen LogP contribution in [0, 0.1) is 0 Å². The number of aromatic nitrogens is 1. The Morgan fingerprint density at radius 1 is 1.42 bits per heavy atom. The molecule has 0 unspecified atom stereocenters. The normalized spacial score (nSPS) is 15.8. The monoisotopic (exact) mass is 264 g/mol. The lowest BCUT2D eigenvalue weighted by atomic mass is 10.3. The smallest absolute Gasteiger partial charge is 0.241 e. The van der Waals surface area contributed by atoms with Crippen LogP contribution in [-0.4, -0.2) is 49.1 Å². The van der Waals surface area contributed by atoms with Crippen LogP contribution in [0.25, 0.3) is 0 Å². The van der Waals surface area contributed by atoms with Crippen LogP contribution in [0.15, 0.2) is 12.1 Å². The van der Waals surface area contributed by atoms with E-state index in [1.165, 1.54) is 0 Å². The van der Waals surface area contributed by atoms with Crippen LogP contribution in [0.3, 0.4) is 0 Å². The number of hydrogen-bond acceptors (Lipinski definition) is 5. The summed E-state index contributed by atoms with van der Waals surface area (Å²) in [5.41, 5.74) is 6.35. The van der Waals surface area contributed by atoms with Gasteiger partial charge in [-0.2, -0.15) is 4.98 Å². The lowest BCUT2D eigenvalue weighted by molar-refractivity contribution is -0.129.